The number of rotatable bonds is 0. The van der Waals surface area contributed by atoms with Crippen LogP contribution >= 0.6 is 0 Å². The summed E-state index contributed by atoms with van der Waals surface area (Å²) in [6, 6.07) is 0. The maximum atomic E-state index is 13.6. The minimum Gasteiger partial charge on any atom is -0.387 e. The molecule has 1 spiro atoms. The molecule has 0 bridgehead atoms. The van der Waals surface area contributed by atoms with E-state index in [0.717, 1.165) is 0 Å². The van der Waals surface area contributed by atoms with Crippen LogP contribution in [-0.4, -0.2) is 56.8 Å². The van der Waals surface area contributed by atoms with E-state index in [-0.39, 0.29) is 42.7 Å². The van der Waals surface area contributed by atoms with Crippen LogP contribution in [0.2, 0.25) is 0 Å². The Morgan fingerprint density at radius 2 is 1.70 bits per heavy atom. The molecule has 33 heavy (non-hydrogen) atoms. The largest absolute Gasteiger partial charge is 0.387 e. The molecule has 0 aromatic rings. The van der Waals surface area contributed by atoms with Gasteiger partial charge in [0.15, 0.2) is 17.4 Å². The summed E-state index contributed by atoms with van der Waals surface area (Å²) in [5.74, 6) is -2.59. The predicted molar refractivity (Wildman–Crippen MR) is 118 cm³/mol. The molecule has 2 heterocycles. The fourth-order valence-electron chi connectivity index (χ4n) is 7.03. The van der Waals surface area contributed by atoms with Gasteiger partial charge in [-0.05, 0) is 56.9 Å². The fraction of sp³-hybridized carbons (Fsp3) is 0.731. The van der Waals surface area contributed by atoms with Gasteiger partial charge in [0.25, 0.3) is 0 Å². The van der Waals surface area contributed by atoms with Gasteiger partial charge in [0, 0.05) is 30.1 Å². The zero-order chi connectivity index (χ0) is 24.4. The number of carbonyl (C=O) groups excluding carboxylic acids is 3. The molecule has 0 amide bonds. The summed E-state index contributed by atoms with van der Waals surface area (Å²) in [6.45, 7) is 11.3. The van der Waals surface area contributed by atoms with Gasteiger partial charge in [-0.2, -0.15) is 0 Å². The molecule has 8 atom stereocenters. The van der Waals surface area contributed by atoms with Gasteiger partial charge in [0.05, 0.1) is 17.1 Å². The summed E-state index contributed by atoms with van der Waals surface area (Å²) in [5, 5.41) is 22.7. The molecule has 0 radical (unpaired) electrons. The summed E-state index contributed by atoms with van der Waals surface area (Å²) in [5.41, 5.74) is -3.38. The van der Waals surface area contributed by atoms with E-state index in [0.29, 0.717) is 17.6 Å². The number of ether oxygens (including phenoxy) is 2. The van der Waals surface area contributed by atoms with Crippen LogP contribution < -0.4 is 0 Å². The van der Waals surface area contributed by atoms with Crippen molar-refractivity contribution in [1.82, 2.24) is 0 Å². The van der Waals surface area contributed by atoms with Crippen molar-refractivity contribution in [2.75, 3.05) is 0 Å². The lowest BCUT2D eigenvalue weighted by atomic mass is 9.50. The monoisotopic (exact) mass is 458 g/mol. The highest BCUT2D eigenvalue weighted by Gasteiger charge is 2.69. The average Bonchev–Trinajstić information content (AvgIpc) is 2.89. The number of Topliss-reactive ketones (excluding diaryl/α,β-unsaturated/α-hetero) is 1. The van der Waals surface area contributed by atoms with Crippen molar-refractivity contribution in [3.63, 3.8) is 0 Å². The van der Waals surface area contributed by atoms with E-state index in [2.05, 4.69) is 0 Å². The third-order valence-corrected chi connectivity index (χ3v) is 9.69. The van der Waals surface area contributed by atoms with Crippen LogP contribution in [0.5, 0.6) is 0 Å². The van der Waals surface area contributed by atoms with Crippen molar-refractivity contribution in [2.24, 2.45) is 22.7 Å². The standard InChI is InChI=1S/C26H34O7/c1-13-11-23(5)18(28)10-17-16(9-19(29)25(31)12-15(27)7-8-24(17,25)6)21(23)32-26(13)20(30)14(2)22(3,4)33-26/h9-10,13-14,20-21,30-31H,7-8,11-12H2,1-6H3/t13-,14-,20+,21?,23-,24?,25?,26+/m0/s1. The highest BCUT2D eigenvalue weighted by Crippen LogP contribution is 2.62. The Morgan fingerprint density at radius 1 is 1.03 bits per heavy atom. The van der Waals surface area contributed by atoms with Gasteiger partial charge in [-0.3, -0.25) is 14.4 Å². The quantitative estimate of drug-likeness (QED) is 0.574. The van der Waals surface area contributed by atoms with E-state index in [4.69, 9.17) is 9.47 Å². The van der Waals surface area contributed by atoms with Crippen molar-refractivity contribution < 1.29 is 34.1 Å². The molecule has 2 N–H and O–H groups in total. The number of hydrogen-bond acceptors (Lipinski definition) is 7. The lowest BCUT2D eigenvalue weighted by Gasteiger charge is -2.58. The summed E-state index contributed by atoms with van der Waals surface area (Å²) >= 11 is 0. The second-order valence-corrected chi connectivity index (χ2v) is 12.0. The van der Waals surface area contributed by atoms with Gasteiger partial charge in [-0.1, -0.05) is 20.8 Å². The molecule has 7 nitrogen and oxygen atoms in total. The van der Waals surface area contributed by atoms with Gasteiger partial charge in [0.1, 0.15) is 17.5 Å². The van der Waals surface area contributed by atoms with Gasteiger partial charge in [-0.15, -0.1) is 0 Å². The minimum absolute atomic E-state index is 0.129. The third-order valence-electron chi connectivity index (χ3n) is 9.69. The molecule has 3 fully saturated rings. The Balaban J connectivity index is 1.66. The van der Waals surface area contributed by atoms with Crippen LogP contribution in [-0.2, 0) is 23.9 Å². The first-order valence-electron chi connectivity index (χ1n) is 12.0. The van der Waals surface area contributed by atoms with Crippen molar-refractivity contribution in [2.45, 2.75) is 96.4 Å². The first kappa shape index (κ1) is 23.1. The van der Waals surface area contributed by atoms with E-state index >= 15 is 0 Å². The molecular weight excluding hydrogens is 424 g/mol. The number of aliphatic hydroxyl groups excluding tert-OH is 1. The smallest absolute Gasteiger partial charge is 0.198 e. The first-order valence-corrected chi connectivity index (χ1v) is 12.0. The van der Waals surface area contributed by atoms with Crippen LogP contribution in [0.1, 0.15) is 67.2 Å². The summed E-state index contributed by atoms with van der Waals surface area (Å²) < 4.78 is 13.0. The zero-order valence-electron chi connectivity index (χ0n) is 20.2. The Labute approximate surface area is 194 Å². The SMILES string of the molecule is C[C@H]1[C@@H](O)[C@]2(OC3C4=CC(=O)C5(O)CC(=O)CCC5(C)C4=CC(=O)[C@]3(C)C[C@@H]2C)OC1(C)C. The average molecular weight is 459 g/mol. The summed E-state index contributed by atoms with van der Waals surface area (Å²) in [6.07, 6.45) is 1.89. The molecule has 7 heteroatoms. The second-order valence-electron chi connectivity index (χ2n) is 12.0. The number of allylic oxidation sites excluding steroid dienone is 1. The molecule has 2 saturated heterocycles. The van der Waals surface area contributed by atoms with Crippen LogP contribution in [0, 0.1) is 22.7 Å². The number of hydrogen-bond donors (Lipinski definition) is 2. The van der Waals surface area contributed by atoms with E-state index in [9.17, 15) is 24.6 Å². The number of fused-ring (bicyclic) bond motifs is 5. The Kier molecular flexibility index (Phi) is 4.55. The van der Waals surface area contributed by atoms with E-state index in [1.807, 2.05) is 34.6 Å². The number of aliphatic hydroxyl groups is 2. The summed E-state index contributed by atoms with van der Waals surface area (Å²) in [4.78, 5) is 39.0. The second kappa shape index (κ2) is 6.51. The molecule has 2 aliphatic heterocycles. The third kappa shape index (κ3) is 2.62. The molecule has 0 aromatic carbocycles. The molecule has 3 aliphatic carbocycles. The lowest BCUT2D eigenvalue weighted by molar-refractivity contribution is -0.341. The highest BCUT2D eigenvalue weighted by molar-refractivity contribution is 6.08. The molecule has 3 unspecified atom stereocenters. The molecule has 1 saturated carbocycles. The van der Waals surface area contributed by atoms with Crippen LogP contribution in [0.4, 0.5) is 0 Å². The lowest BCUT2D eigenvalue weighted by Crippen LogP contribution is -2.66. The predicted octanol–water partition coefficient (Wildman–Crippen LogP) is 2.43. The van der Waals surface area contributed by atoms with Gasteiger partial charge in [-0.25, -0.2) is 0 Å². The van der Waals surface area contributed by atoms with Crippen molar-refractivity contribution in [3.05, 3.63) is 23.3 Å². The number of ketones is 3. The van der Waals surface area contributed by atoms with E-state index in [1.165, 1.54) is 6.08 Å². The maximum Gasteiger partial charge on any atom is 0.198 e. The molecule has 5 aliphatic rings. The fourth-order valence-corrected chi connectivity index (χ4v) is 7.03. The van der Waals surface area contributed by atoms with E-state index in [1.54, 1.807) is 13.0 Å². The van der Waals surface area contributed by atoms with Crippen LogP contribution in [0.3, 0.4) is 0 Å². The van der Waals surface area contributed by atoms with Crippen molar-refractivity contribution in [1.29, 1.82) is 0 Å². The van der Waals surface area contributed by atoms with Crippen molar-refractivity contribution in [3.8, 4) is 0 Å². The Hall–Kier alpha value is -1.67. The minimum atomic E-state index is -1.87. The van der Waals surface area contributed by atoms with E-state index < -0.39 is 45.8 Å². The molecule has 180 valence electrons. The Bertz CT molecular complexity index is 1040. The van der Waals surface area contributed by atoms with Gasteiger partial charge in [0.2, 0.25) is 0 Å². The first-order chi connectivity index (χ1) is 15.1. The van der Waals surface area contributed by atoms with Gasteiger partial charge < -0.3 is 19.7 Å². The number of carbonyl (C=O) groups is 3. The molecule has 5 rings (SSSR count). The Morgan fingerprint density at radius 3 is 2.30 bits per heavy atom. The zero-order valence-corrected chi connectivity index (χ0v) is 20.2. The normalized spacial score (nSPS) is 51.0. The van der Waals surface area contributed by atoms with Gasteiger partial charge >= 0.3 is 0 Å². The molecular formula is C26H34O7. The van der Waals surface area contributed by atoms with Crippen molar-refractivity contribution >= 4 is 17.3 Å². The summed E-state index contributed by atoms with van der Waals surface area (Å²) in [7, 11) is 0. The van der Waals surface area contributed by atoms with Crippen LogP contribution in [0.25, 0.3) is 0 Å². The topological polar surface area (TPSA) is 110 Å². The molecule has 0 aromatic heterocycles. The highest BCUT2D eigenvalue weighted by atomic mass is 16.7. The maximum absolute atomic E-state index is 13.6. The van der Waals surface area contributed by atoms with Crippen LogP contribution in [0.15, 0.2) is 23.3 Å².